The summed E-state index contributed by atoms with van der Waals surface area (Å²) in [6, 6.07) is 4.79. The second kappa shape index (κ2) is 6.94. The minimum Gasteiger partial charge on any atom is -0.495 e. The fourth-order valence-electron chi connectivity index (χ4n) is 1.61. The van der Waals surface area contributed by atoms with Gasteiger partial charge in [0.2, 0.25) is 10.0 Å². The molecule has 0 spiro atoms. The van der Waals surface area contributed by atoms with Gasteiger partial charge in [0.15, 0.2) is 0 Å². The lowest BCUT2D eigenvalue weighted by Crippen LogP contribution is -2.42. The second-order valence-electron chi connectivity index (χ2n) is 5.21. The third-order valence-electron chi connectivity index (χ3n) is 3.08. The monoisotopic (exact) mass is 310 g/mol. The van der Waals surface area contributed by atoms with E-state index in [9.17, 15) is 8.42 Å². The molecule has 6 heteroatoms. The van der Waals surface area contributed by atoms with Crippen molar-refractivity contribution in [3.05, 3.63) is 23.8 Å². The van der Waals surface area contributed by atoms with E-state index < -0.39 is 15.6 Å². The normalized spacial score (nSPS) is 11.7. The molecule has 0 saturated heterocycles. The molecule has 0 saturated carbocycles. The SMILES string of the molecule is CCC(C)(C)NS(=O)(=O)c1cc(C#CCN)ccc1OC. The van der Waals surface area contributed by atoms with E-state index in [0.717, 1.165) is 0 Å². The van der Waals surface area contributed by atoms with Gasteiger partial charge in [0.05, 0.1) is 13.7 Å². The number of nitrogens with two attached hydrogens (primary N) is 1. The van der Waals surface area contributed by atoms with Crippen LogP contribution in [0.1, 0.15) is 32.8 Å². The Morgan fingerprint density at radius 1 is 1.38 bits per heavy atom. The van der Waals surface area contributed by atoms with E-state index in [1.54, 1.807) is 12.1 Å². The number of sulfonamides is 1. The summed E-state index contributed by atoms with van der Waals surface area (Å²) in [5.41, 5.74) is 5.37. The molecule has 5 nitrogen and oxygen atoms in total. The van der Waals surface area contributed by atoms with Crippen LogP contribution in [0, 0.1) is 11.8 Å². The molecule has 0 unspecified atom stereocenters. The maximum atomic E-state index is 12.5. The van der Waals surface area contributed by atoms with Gasteiger partial charge >= 0.3 is 0 Å². The molecule has 0 amide bonds. The average molecular weight is 310 g/mol. The highest BCUT2D eigenvalue weighted by Crippen LogP contribution is 2.26. The minimum absolute atomic E-state index is 0.0790. The van der Waals surface area contributed by atoms with Crippen molar-refractivity contribution in [2.75, 3.05) is 13.7 Å². The Hall–Kier alpha value is -1.55. The molecular formula is C15H22N2O3S. The number of ether oxygens (including phenoxy) is 1. The number of rotatable bonds is 5. The Kier molecular flexibility index (Phi) is 5.78. The van der Waals surface area contributed by atoms with Gasteiger partial charge in [-0.2, -0.15) is 0 Å². The highest BCUT2D eigenvalue weighted by molar-refractivity contribution is 7.89. The van der Waals surface area contributed by atoms with E-state index in [0.29, 0.717) is 12.0 Å². The molecule has 1 rings (SSSR count). The summed E-state index contributed by atoms with van der Waals surface area (Å²) in [6.45, 7) is 5.79. The molecule has 116 valence electrons. The lowest BCUT2D eigenvalue weighted by Gasteiger charge is -2.24. The summed E-state index contributed by atoms with van der Waals surface area (Å²) < 4.78 is 32.9. The Morgan fingerprint density at radius 3 is 2.57 bits per heavy atom. The van der Waals surface area contributed by atoms with Gasteiger partial charge in [-0.3, -0.25) is 0 Å². The van der Waals surface area contributed by atoms with Gasteiger partial charge in [0.25, 0.3) is 0 Å². The summed E-state index contributed by atoms with van der Waals surface area (Å²) in [7, 11) is -2.26. The van der Waals surface area contributed by atoms with Crippen LogP contribution in [-0.4, -0.2) is 27.6 Å². The quantitative estimate of drug-likeness (QED) is 0.807. The summed E-state index contributed by atoms with van der Waals surface area (Å²) in [4.78, 5) is 0.0790. The van der Waals surface area contributed by atoms with E-state index in [-0.39, 0.29) is 17.2 Å². The number of methoxy groups -OCH3 is 1. The van der Waals surface area contributed by atoms with Crippen LogP contribution in [0.2, 0.25) is 0 Å². The fraction of sp³-hybridized carbons (Fsp3) is 0.467. The average Bonchev–Trinajstić information content (AvgIpc) is 2.43. The zero-order valence-electron chi connectivity index (χ0n) is 12.9. The van der Waals surface area contributed by atoms with Crippen LogP contribution < -0.4 is 15.2 Å². The highest BCUT2D eigenvalue weighted by atomic mass is 32.2. The van der Waals surface area contributed by atoms with E-state index in [1.165, 1.54) is 13.2 Å². The van der Waals surface area contributed by atoms with Gasteiger partial charge in [-0.05, 0) is 38.5 Å². The Bertz CT molecular complexity index is 655. The maximum absolute atomic E-state index is 12.5. The molecule has 21 heavy (non-hydrogen) atoms. The first-order valence-electron chi connectivity index (χ1n) is 6.66. The van der Waals surface area contributed by atoms with Gasteiger partial charge in [-0.25, -0.2) is 13.1 Å². The van der Waals surface area contributed by atoms with Crippen molar-refractivity contribution in [3.63, 3.8) is 0 Å². The largest absolute Gasteiger partial charge is 0.495 e. The van der Waals surface area contributed by atoms with Crippen LogP contribution in [0.5, 0.6) is 5.75 Å². The topological polar surface area (TPSA) is 81.4 Å². The summed E-state index contributed by atoms with van der Waals surface area (Å²) in [6.07, 6.45) is 0.668. The first kappa shape index (κ1) is 17.5. The van der Waals surface area contributed by atoms with Crippen molar-refractivity contribution in [3.8, 4) is 17.6 Å². The van der Waals surface area contributed by atoms with Crippen molar-refractivity contribution >= 4 is 10.0 Å². The lowest BCUT2D eigenvalue weighted by atomic mass is 10.0. The third-order valence-corrected chi connectivity index (χ3v) is 4.80. The Morgan fingerprint density at radius 2 is 2.05 bits per heavy atom. The molecule has 0 aliphatic carbocycles. The van der Waals surface area contributed by atoms with E-state index in [2.05, 4.69) is 16.6 Å². The predicted molar refractivity (Wildman–Crippen MR) is 83.6 cm³/mol. The number of benzene rings is 1. The molecule has 0 heterocycles. The molecule has 0 aliphatic rings. The van der Waals surface area contributed by atoms with E-state index in [1.807, 2.05) is 20.8 Å². The molecule has 0 radical (unpaired) electrons. The number of hydrogen-bond donors (Lipinski definition) is 2. The molecule has 0 fully saturated rings. The molecule has 0 aromatic heterocycles. The second-order valence-corrected chi connectivity index (χ2v) is 6.87. The van der Waals surface area contributed by atoms with Gasteiger partial charge < -0.3 is 10.5 Å². The number of hydrogen-bond acceptors (Lipinski definition) is 4. The summed E-state index contributed by atoms with van der Waals surface area (Å²) >= 11 is 0. The number of nitrogens with one attached hydrogen (secondary N) is 1. The van der Waals surface area contributed by atoms with Gasteiger partial charge in [0, 0.05) is 11.1 Å². The standard InChI is InChI=1S/C15H22N2O3S/c1-5-15(2,3)17-21(18,19)14-11-12(7-6-10-16)8-9-13(14)20-4/h8-9,11,17H,5,10,16H2,1-4H3. The zero-order chi connectivity index (χ0) is 16.1. The first-order chi connectivity index (χ1) is 9.75. The van der Waals surface area contributed by atoms with Crippen molar-refractivity contribution in [2.24, 2.45) is 5.73 Å². The third kappa shape index (κ3) is 4.74. The highest BCUT2D eigenvalue weighted by Gasteiger charge is 2.27. The molecule has 0 aliphatic heterocycles. The molecule has 1 aromatic rings. The Balaban J connectivity index is 3.32. The maximum Gasteiger partial charge on any atom is 0.244 e. The van der Waals surface area contributed by atoms with Crippen molar-refractivity contribution in [1.82, 2.24) is 4.72 Å². The van der Waals surface area contributed by atoms with Crippen LogP contribution >= 0.6 is 0 Å². The first-order valence-corrected chi connectivity index (χ1v) is 8.15. The van der Waals surface area contributed by atoms with Gasteiger partial charge in [-0.15, -0.1) is 0 Å². The molecule has 0 bridgehead atoms. The van der Waals surface area contributed by atoms with Crippen molar-refractivity contribution < 1.29 is 13.2 Å². The van der Waals surface area contributed by atoms with E-state index >= 15 is 0 Å². The summed E-state index contributed by atoms with van der Waals surface area (Å²) in [5.74, 6) is 5.81. The van der Waals surface area contributed by atoms with Crippen LogP contribution in [0.3, 0.4) is 0 Å². The van der Waals surface area contributed by atoms with Crippen LogP contribution in [0.4, 0.5) is 0 Å². The Labute approximate surface area is 126 Å². The van der Waals surface area contributed by atoms with Crippen LogP contribution in [0.25, 0.3) is 0 Å². The lowest BCUT2D eigenvalue weighted by molar-refractivity contribution is 0.399. The fourth-order valence-corrected chi connectivity index (χ4v) is 3.29. The minimum atomic E-state index is -3.69. The predicted octanol–water partition coefficient (Wildman–Crippen LogP) is 1.47. The van der Waals surface area contributed by atoms with Crippen LogP contribution in [-0.2, 0) is 10.0 Å². The molecule has 1 aromatic carbocycles. The van der Waals surface area contributed by atoms with Gasteiger partial charge in [0.1, 0.15) is 10.6 Å². The van der Waals surface area contributed by atoms with Crippen LogP contribution in [0.15, 0.2) is 23.1 Å². The molecule has 0 atom stereocenters. The van der Waals surface area contributed by atoms with Gasteiger partial charge in [-0.1, -0.05) is 18.8 Å². The summed E-state index contributed by atoms with van der Waals surface area (Å²) in [5, 5.41) is 0. The molecular weight excluding hydrogens is 288 g/mol. The molecule has 3 N–H and O–H groups in total. The zero-order valence-corrected chi connectivity index (χ0v) is 13.7. The van der Waals surface area contributed by atoms with Crippen molar-refractivity contribution in [2.45, 2.75) is 37.6 Å². The van der Waals surface area contributed by atoms with E-state index in [4.69, 9.17) is 10.5 Å². The van der Waals surface area contributed by atoms with Crippen molar-refractivity contribution in [1.29, 1.82) is 0 Å². The smallest absolute Gasteiger partial charge is 0.244 e.